The summed E-state index contributed by atoms with van der Waals surface area (Å²) in [6, 6.07) is 4.97. The van der Waals surface area contributed by atoms with Gasteiger partial charge in [-0.25, -0.2) is 18.7 Å². The third kappa shape index (κ3) is 7.44. The monoisotopic (exact) mass is 471 g/mol. The van der Waals surface area contributed by atoms with E-state index in [-0.39, 0.29) is 17.1 Å². The topological polar surface area (TPSA) is 131 Å². The minimum absolute atomic E-state index is 0.118. The van der Waals surface area contributed by atoms with Crippen molar-refractivity contribution in [1.82, 2.24) is 9.78 Å². The summed E-state index contributed by atoms with van der Waals surface area (Å²) in [5, 5.41) is 4.01. The summed E-state index contributed by atoms with van der Waals surface area (Å²) in [6.07, 6.45) is -1.38. The van der Waals surface area contributed by atoms with Gasteiger partial charge in [0.2, 0.25) is 0 Å². The Bertz CT molecular complexity index is 1020. The average molecular weight is 471 g/mol. The molecule has 0 fully saturated rings. The quantitative estimate of drug-likeness (QED) is 0.629. The lowest BCUT2D eigenvalue weighted by Gasteiger charge is -2.28. The van der Waals surface area contributed by atoms with Gasteiger partial charge in [-0.3, -0.25) is 4.57 Å². The van der Waals surface area contributed by atoms with Crippen LogP contribution < -0.4 is 4.90 Å². The second-order valence-corrected chi connectivity index (χ2v) is 10.7. The molecule has 0 bridgehead atoms. The Balaban J connectivity index is 2.41. The Labute approximate surface area is 185 Å². The van der Waals surface area contributed by atoms with Crippen LogP contribution in [0.2, 0.25) is 0 Å². The number of halogens is 1. The molecule has 2 aromatic rings. The number of hydrogen-bond acceptors (Lipinski definition) is 6. The molecule has 1 aromatic carbocycles. The first-order valence-electron chi connectivity index (χ1n) is 9.60. The molecule has 0 unspecified atom stereocenters. The molecule has 1 aromatic heterocycles. The molecule has 0 aliphatic carbocycles. The van der Waals surface area contributed by atoms with Crippen molar-refractivity contribution in [2.45, 2.75) is 58.9 Å². The maximum absolute atomic E-state index is 15.0. The fourth-order valence-electron chi connectivity index (χ4n) is 2.51. The highest BCUT2D eigenvalue weighted by atomic mass is 31.2. The van der Waals surface area contributed by atoms with Crippen LogP contribution >= 0.6 is 7.60 Å². The predicted octanol–water partition coefficient (Wildman–Crippen LogP) is 4.37. The summed E-state index contributed by atoms with van der Waals surface area (Å²) in [7, 11) is -4.31. The smallest absolute Gasteiger partial charge is 0.424 e. The molecule has 2 rings (SSSR count). The van der Waals surface area contributed by atoms with Gasteiger partial charge < -0.3 is 19.3 Å². The second-order valence-electron chi connectivity index (χ2n) is 9.01. The number of benzene rings is 1. The highest BCUT2D eigenvalue weighted by Gasteiger charge is 2.34. The third-order valence-electron chi connectivity index (χ3n) is 3.60. The van der Waals surface area contributed by atoms with Gasteiger partial charge in [-0.1, -0.05) is 0 Å². The van der Waals surface area contributed by atoms with Crippen molar-refractivity contribution in [3.05, 3.63) is 42.0 Å². The summed E-state index contributed by atoms with van der Waals surface area (Å²) in [5.41, 5.74) is -1.96. The molecule has 2 N–H and O–H groups in total. The average Bonchev–Trinajstić information content (AvgIpc) is 2.99. The van der Waals surface area contributed by atoms with Crippen molar-refractivity contribution in [1.29, 1.82) is 0 Å². The Hall–Kier alpha value is -2.75. The Morgan fingerprint density at radius 1 is 1.06 bits per heavy atom. The maximum Gasteiger partial charge on any atom is 0.424 e. The minimum Gasteiger partial charge on any atom is -0.443 e. The molecule has 0 atom stereocenters. The van der Waals surface area contributed by atoms with Gasteiger partial charge >= 0.3 is 19.8 Å². The number of ether oxygens (including phenoxy) is 2. The molecule has 0 saturated heterocycles. The highest BCUT2D eigenvalue weighted by molar-refractivity contribution is 7.50. The van der Waals surface area contributed by atoms with Gasteiger partial charge in [-0.15, -0.1) is 0 Å². The molecule has 2 amide bonds. The number of anilines is 1. The lowest BCUT2D eigenvalue weighted by Crippen LogP contribution is -2.44. The van der Waals surface area contributed by atoms with E-state index >= 15 is 4.39 Å². The van der Waals surface area contributed by atoms with Crippen LogP contribution in [0.1, 0.15) is 47.2 Å². The van der Waals surface area contributed by atoms with Crippen molar-refractivity contribution in [3.63, 3.8) is 0 Å². The van der Waals surface area contributed by atoms with Gasteiger partial charge in [0.1, 0.15) is 17.0 Å². The van der Waals surface area contributed by atoms with Crippen LogP contribution in [0.15, 0.2) is 30.5 Å². The van der Waals surface area contributed by atoms with Gasteiger partial charge in [0, 0.05) is 12.3 Å². The zero-order valence-corrected chi connectivity index (χ0v) is 19.6. The number of carbonyl (C=O) groups is 2. The summed E-state index contributed by atoms with van der Waals surface area (Å²) >= 11 is 0. The first-order valence-corrected chi connectivity index (χ1v) is 11.4. The van der Waals surface area contributed by atoms with Crippen LogP contribution in [0.25, 0.3) is 5.69 Å². The van der Waals surface area contributed by atoms with Gasteiger partial charge in [0.05, 0.1) is 23.2 Å². The molecular weight excluding hydrogens is 444 g/mol. The normalized spacial score (nSPS) is 12.4. The van der Waals surface area contributed by atoms with Crippen LogP contribution in [0.3, 0.4) is 0 Å². The Kier molecular flexibility index (Phi) is 7.18. The molecule has 32 heavy (non-hydrogen) atoms. The SMILES string of the molecule is CC(C)(C)OC(=O)N(C(=O)OC(C)(C)C)c1ccc(-n2ccc(CP(=O)(O)O)n2)cc1F. The maximum atomic E-state index is 15.0. The fraction of sp³-hybridized carbons (Fsp3) is 0.450. The van der Waals surface area contributed by atoms with Gasteiger partial charge in [-0.2, -0.15) is 10.00 Å². The van der Waals surface area contributed by atoms with Gasteiger partial charge in [0.25, 0.3) is 0 Å². The number of rotatable bonds is 4. The van der Waals surface area contributed by atoms with E-state index in [9.17, 15) is 14.2 Å². The van der Waals surface area contributed by atoms with Crippen molar-refractivity contribution in [2.75, 3.05) is 4.90 Å². The van der Waals surface area contributed by atoms with Crippen molar-refractivity contribution in [2.24, 2.45) is 0 Å². The van der Waals surface area contributed by atoms with Gasteiger partial charge in [-0.05, 0) is 59.7 Å². The molecule has 0 saturated carbocycles. The largest absolute Gasteiger partial charge is 0.443 e. The number of hydrogen-bond donors (Lipinski definition) is 2. The first-order chi connectivity index (χ1) is 14.5. The number of aromatic nitrogens is 2. The Morgan fingerprint density at radius 2 is 1.59 bits per heavy atom. The molecule has 0 aliphatic rings. The molecule has 0 radical (unpaired) electrons. The number of carbonyl (C=O) groups excluding carboxylic acids is 2. The van der Waals surface area contributed by atoms with E-state index in [0.29, 0.717) is 4.90 Å². The van der Waals surface area contributed by atoms with Crippen LogP contribution in [0, 0.1) is 5.82 Å². The van der Waals surface area contributed by atoms with E-state index in [1.807, 2.05) is 0 Å². The van der Waals surface area contributed by atoms with E-state index in [2.05, 4.69) is 5.10 Å². The van der Waals surface area contributed by atoms with Crippen LogP contribution in [0.5, 0.6) is 0 Å². The Morgan fingerprint density at radius 3 is 2.03 bits per heavy atom. The van der Waals surface area contributed by atoms with Crippen molar-refractivity contribution in [3.8, 4) is 5.69 Å². The molecule has 1 heterocycles. The molecule has 0 spiro atoms. The number of imide groups is 1. The summed E-state index contributed by atoms with van der Waals surface area (Å²) in [5.74, 6) is -0.939. The third-order valence-corrected chi connectivity index (χ3v) is 4.34. The molecule has 0 aliphatic heterocycles. The van der Waals surface area contributed by atoms with E-state index in [4.69, 9.17) is 19.3 Å². The zero-order chi connectivity index (χ0) is 24.5. The van der Waals surface area contributed by atoms with E-state index in [1.165, 1.54) is 29.1 Å². The van der Waals surface area contributed by atoms with Crippen LogP contribution in [-0.4, -0.2) is 43.0 Å². The van der Waals surface area contributed by atoms with Crippen LogP contribution in [0.4, 0.5) is 19.7 Å². The fourth-order valence-corrected chi connectivity index (χ4v) is 3.10. The number of nitrogens with zero attached hydrogens (tertiary/aromatic N) is 3. The molecule has 10 nitrogen and oxygen atoms in total. The molecule has 176 valence electrons. The lowest BCUT2D eigenvalue weighted by molar-refractivity contribution is 0.0428. The molecular formula is C20H27FN3O7P. The second kappa shape index (κ2) is 9.01. The van der Waals surface area contributed by atoms with E-state index < -0.39 is 43.0 Å². The minimum atomic E-state index is -4.31. The van der Waals surface area contributed by atoms with Crippen LogP contribution in [-0.2, 0) is 20.2 Å². The standard InChI is InChI=1S/C20H27FN3O7P/c1-19(2,3)30-17(25)24(18(26)31-20(4,5)6)16-8-7-14(11-15(16)21)23-10-9-13(22-23)12-32(27,28)29/h7-11H,12H2,1-6H3,(H2,27,28,29). The summed E-state index contributed by atoms with van der Waals surface area (Å²) < 4.78 is 37.9. The predicted molar refractivity (Wildman–Crippen MR) is 114 cm³/mol. The van der Waals surface area contributed by atoms with E-state index in [0.717, 1.165) is 6.07 Å². The van der Waals surface area contributed by atoms with E-state index in [1.54, 1.807) is 41.5 Å². The van der Waals surface area contributed by atoms with Gasteiger partial charge in [0.15, 0.2) is 0 Å². The first kappa shape index (κ1) is 25.5. The number of amides is 2. The molecule has 12 heteroatoms. The van der Waals surface area contributed by atoms with Crippen molar-refractivity contribution >= 4 is 25.5 Å². The zero-order valence-electron chi connectivity index (χ0n) is 18.7. The summed E-state index contributed by atoms with van der Waals surface area (Å²) in [6.45, 7) is 9.61. The lowest BCUT2D eigenvalue weighted by atomic mass is 10.2. The van der Waals surface area contributed by atoms with Crippen molar-refractivity contribution < 1.29 is 37.8 Å². The summed E-state index contributed by atoms with van der Waals surface area (Å²) in [4.78, 5) is 44.0. The highest BCUT2D eigenvalue weighted by Crippen LogP contribution is 2.38.